The lowest BCUT2D eigenvalue weighted by molar-refractivity contribution is 0.962. The molecule has 1 rings (SSSR count). The molecule has 2 heteroatoms. The largest absolute Gasteiger partial charge is 0.345 e. The maximum Gasteiger partial charge on any atom is 0.0931 e. The van der Waals surface area contributed by atoms with Gasteiger partial charge in [0.2, 0.25) is 0 Å². The monoisotopic (exact) mass is 162 g/mol. The fraction of sp³-hybridized carbons (Fsp3) is 0.300. The highest BCUT2D eigenvalue weighted by Crippen LogP contribution is 2.06. The van der Waals surface area contributed by atoms with Gasteiger partial charge in [-0.2, -0.15) is 0 Å². The Balaban J connectivity index is 2.67. The first kappa shape index (κ1) is 8.78. The van der Waals surface area contributed by atoms with Crippen molar-refractivity contribution in [3.05, 3.63) is 30.4 Å². The number of nitrogens with one attached hydrogen (secondary N) is 1. The highest BCUT2D eigenvalue weighted by atomic mass is 14.9. The Morgan fingerprint density at radius 2 is 2.50 bits per heavy atom. The van der Waals surface area contributed by atoms with Crippen LogP contribution in [0, 0.1) is 0 Å². The van der Waals surface area contributed by atoms with E-state index in [4.69, 9.17) is 0 Å². The van der Waals surface area contributed by atoms with E-state index in [1.807, 2.05) is 6.08 Å². The average molecular weight is 162 g/mol. The molecule has 0 saturated carbocycles. The van der Waals surface area contributed by atoms with Crippen LogP contribution in [-0.4, -0.2) is 9.97 Å². The maximum absolute atomic E-state index is 4.15. The lowest BCUT2D eigenvalue weighted by atomic mass is 10.2. The summed E-state index contributed by atoms with van der Waals surface area (Å²) in [5.41, 5.74) is 1.96. The van der Waals surface area contributed by atoms with Crippen LogP contribution in [0.4, 0.5) is 0 Å². The van der Waals surface area contributed by atoms with Crippen molar-refractivity contribution < 1.29 is 0 Å². The summed E-state index contributed by atoms with van der Waals surface area (Å²) < 4.78 is 0. The van der Waals surface area contributed by atoms with Gasteiger partial charge in [-0.1, -0.05) is 26.0 Å². The third kappa shape index (κ3) is 2.09. The van der Waals surface area contributed by atoms with Gasteiger partial charge in [0, 0.05) is 0 Å². The Bertz CT molecular complexity index is 271. The first-order chi connectivity index (χ1) is 5.88. The van der Waals surface area contributed by atoms with E-state index in [-0.39, 0.29) is 0 Å². The van der Waals surface area contributed by atoms with E-state index in [9.17, 15) is 0 Å². The van der Waals surface area contributed by atoms with E-state index < -0.39 is 0 Å². The Morgan fingerprint density at radius 3 is 3.17 bits per heavy atom. The Labute approximate surface area is 73.0 Å². The van der Waals surface area contributed by atoms with Crippen molar-refractivity contribution in [2.24, 2.45) is 0 Å². The number of H-pyrrole nitrogens is 1. The number of allylic oxidation sites excluding steroid dienone is 1. The van der Waals surface area contributed by atoms with Crippen molar-refractivity contribution in [2.75, 3.05) is 0 Å². The zero-order chi connectivity index (χ0) is 8.81. The Morgan fingerprint density at radius 1 is 1.67 bits per heavy atom. The van der Waals surface area contributed by atoms with Gasteiger partial charge in [0.1, 0.15) is 0 Å². The van der Waals surface area contributed by atoms with Crippen molar-refractivity contribution >= 4 is 12.2 Å². The molecule has 2 nitrogen and oxygen atoms in total. The minimum Gasteiger partial charge on any atom is -0.345 e. The molecule has 0 aliphatic heterocycles. The summed E-state index contributed by atoms with van der Waals surface area (Å²) in [6.07, 6.45) is 9.88. The fourth-order valence-electron chi connectivity index (χ4n) is 0.973. The van der Waals surface area contributed by atoms with Gasteiger partial charge in [0.25, 0.3) is 0 Å². The lowest BCUT2D eigenvalue weighted by Gasteiger charge is -1.88. The molecule has 0 unspecified atom stereocenters. The normalized spacial score (nSPS) is 10.8. The molecule has 0 spiro atoms. The van der Waals surface area contributed by atoms with Crippen LogP contribution >= 0.6 is 0 Å². The fourth-order valence-corrected chi connectivity index (χ4v) is 0.973. The highest BCUT2D eigenvalue weighted by Gasteiger charge is 1.95. The smallest absolute Gasteiger partial charge is 0.0931 e. The number of aromatic amines is 1. The molecule has 0 aromatic carbocycles. The first-order valence-corrected chi connectivity index (χ1v) is 4.20. The van der Waals surface area contributed by atoms with Crippen molar-refractivity contribution in [1.82, 2.24) is 9.97 Å². The number of nitrogens with zero attached hydrogens (tertiary/aromatic N) is 1. The van der Waals surface area contributed by atoms with Crippen LogP contribution in [0.5, 0.6) is 0 Å². The van der Waals surface area contributed by atoms with Gasteiger partial charge < -0.3 is 4.98 Å². The van der Waals surface area contributed by atoms with Crippen LogP contribution < -0.4 is 0 Å². The van der Waals surface area contributed by atoms with E-state index in [1.54, 1.807) is 12.4 Å². The molecule has 0 amide bonds. The lowest BCUT2D eigenvalue weighted by Crippen LogP contribution is -1.75. The van der Waals surface area contributed by atoms with Gasteiger partial charge in [-0.3, -0.25) is 0 Å². The molecule has 0 radical (unpaired) electrons. The highest BCUT2D eigenvalue weighted by molar-refractivity contribution is 5.58. The molecule has 1 heterocycles. The number of rotatable bonds is 4. The van der Waals surface area contributed by atoms with Crippen LogP contribution in [0.25, 0.3) is 12.2 Å². The topological polar surface area (TPSA) is 28.7 Å². The van der Waals surface area contributed by atoms with Crippen molar-refractivity contribution in [3.63, 3.8) is 0 Å². The molecular formula is C10H14N2. The quantitative estimate of drug-likeness (QED) is 0.724. The van der Waals surface area contributed by atoms with Crippen LogP contribution in [-0.2, 0) is 0 Å². The van der Waals surface area contributed by atoms with E-state index in [0.29, 0.717) is 0 Å². The van der Waals surface area contributed by atoms with Crippen molar-refractivity contribution in [2.45, 2.75) is 19.8 Å². The van der Waals surface area contributed by atoms with Crippen molar-refractivity contribution in [1.29, 1.82) is 0 Å². The Kier molecular flexibility index (Phi) is 3.33. The van der Waals surface area contributed by atoms with Crippen LogP contribution in [0.1, 0.15) is 31.2 Å². The van der Waals surface area contributed by atoms with E-state index in [0.717, 1.165) is 17.8 Å². The van der Waals surface area contributed by atoms with Gasteiger partial charge in [0.15, 0.2) is 0 Å². The Hall–Kier alpha value is -1.31. The van der Waals surface area contributed by atoms with Crippen LogP contribution in [0.3, 0.4) is 0 Å². The number of hydrogen-bond donors (Lipinski definition) is 1. The summed E-state index contributed by atoms with van der Waals surface area (Å²) in [5, 5.41) is 0. The molecule has 1 aromatic rings. The maximum atomic E-state index is 4.15. The molecule has 0 bridgehead atoms. The molecule has 1 aromatic heterocycles. The molecule has 0 atom stereocenters. The molecule has 0 fully saturated rings. The van der Waals surface area contributed by atoms with Crippen LogP contribution in [0.2, 0.25) is 0 Å². The van der Waals surface area contributed by atoms with Gasteiger partial charge in [-0.25, -0.2) is 4.98 Å². The summed E-state index contributed by atoms with van der Waals surface area (Å²) in [6.45, 7) is 5.84. The summed E-state index contributed by atoms with van der Waals surface area (Å²) in [4.78, 5) is 7.15. The minimum absolute atomic E-state index is 0.971. The third-order valence-electron chi connectivity index (χ3n) is 1.63. The molecule has 64 valence electrons. The van der Waals surface area contributed by atoms with E-state index in [1.165, 1.54) is 6.42 Å². The average Bonchev–Trinajstić information content (AvgIpc) is 2.52. The third-order valence-corrected chi connectivity index (χ3v) is 1.63. The summed E-state index contributed by atoms with van der Waals surface area (Å²) >= 11 is 0. The summed E-state index contributed by atoms with van der Waals surface area (Å²) in [6, 6.07) is 0. The number of hydrogen-bond acceptors (Lipinski definition) is 1. The molecule has 0 aliphatic rings. The molecule has 0 saturated heterocycles. The molecular weight excluding hydrogens is 148 g/mol. The van der Waals surface area contributed by atoms with Gasteiger partial charge in [-0.05, 0) is 18.6 Å². The van der Waals surface area contributed by atoms with E-state index >= 15 is 0 Å². The summed E-state index contributed by atoms with van der Waals surface area (Å²) in [7, 11) is 0. The predicted molar refractivity (Wildman–Crippen MR) is 52.6 cm³/mol. The second-order valence-corrected chi connectivity index (χ2v) is 2.60. The zero-order valence-electron chi connectivity index (χ0n) is 7.38. The first-order valence-electron chi connectivity index (χ1n) is 4.20. The standard InChI is InChI=1S/C10H14N2/c1-3-5-6-7-10-9(4-2)11-8-12-10/h4,6-8H,2-3,5H2,1H3,(H,11,12)/b7-6+. The number of aromatic nitrogens is 2. The second kappa shape index (κ2) is 4.54. The van der Waals surface area contributed by atoms with Crippen molar-refractivity contribution in [3.8, 4) is 0 Å². The summed E-state index contributed by atoms with van der Waals surface area (Å²) in [5.74, 6) is 0. The number of imidazole rings is 1. The minimum atomic E-state index is 0.971. The van der Waals surface area contributed by atoms with E-state index in [2.05, 4.69) is 29.5 Å². The molecule has 1 N–H and O–H groups in total. The van der Waals surface area contributed by atoms with Crippen LogP contribution in [0.15, 0.2) is 19.0 Å². The predicted octanol–water partition coefficient (Wildman–Crippen LogP) is 2.87. The second-order valence-electron chi connectivity index (χ2n) is 2.60. The van der Waals surface area contributed by atoms with Gasteiger partial charge in [0.05, 0.1) is 17.7 Å². The molecule has 0 aliphatic carbocycles. The molecule has 12 heavy (non-hydrogen) atoms. The SMILES string of the molecule is C=Cc1[nH]cnc1/C=C/CCC. The van der Waals surface area contributed by atoms with Gasteiger partial charge in [-0.15, -0.1) is 0 Å². The zero-order valence-corrected chi connectivity index (χ0v) is 7.38. The van der Waals surface area contributed by atoms with Gasteiger partial charge >= 0.3 is 0 Å². The number of unbranched alkanes of at least 4 members (excludes halogenated alkanes) is 1.